The summed E-state index contributed by atoms with van der Waals surface area (Å²) in [4.78, 5) is 6.83. The molecule has 24 heavy (non-hydrogen) atoms. The predicted molar refractivity (Wildman–Crippen MR) is 93.7 cm³/mol. The first kappa shape index (κ1) is 15.4. The maximum atomic E-state index is 9.76. The van der Waals surface area contributed by atoms with E-state index in [2.05, 4.69) is 26.6 Å². The lowest BCUT2D eigenvalue weighted by Crippen LogP contribution is -2.38. The summed E-state index contributed by atoms with van der Waals surface area (Å²) >= 11 is 0. The molecule has 1 N–H and O–H groups in total. The van der Waals surface area contributed by atoms with E-state index in [1.165, 1.54) is 0 Å². The summed E-state index contributed by atoms with van der Waals surface area (Å²) in [5.74, 6) is 1.69. The largest absolute Gasteiger partial charge is 0.453 e. The molecule has 126 valence electrons. The zero-order valence-electron chi connectivity index (χ0n) is 13.8. The molecule has 2 aromatic heterocycles. The lowest BCUT2D eigenvalue weighted by molar-refractivity contribution is 0.0695. The Morgan fingerprint density at radius 2 is 2.17 bits per heavy atom. The number of fused-ring (bicyclic) bond motifs is 1. The highest BCUT2D eigenvalue weighted by Gasteiger charge is 2.17. The normalized spacial score (nSPS) is 19.1. The van der Waals surface area contributed by atoms with Gasteiger partial charge in [-0.1, -0.05) is 18.2 Å². The van der Waals surface area contributed by atoms with Crippen LogP contribution < -0.4 is 0 Å². The molecule has 0 radical (unpaired) electrons. The smallest absolute Gasteiger partial charge is 0.176 e. The number of β-amino-alcohol motifs (C(OH)–C–C–N with tert-alkyl or cyclic N) is 1. The number of aromatic nitrogens is 2. The van der Waals surface area contributed by atoms with Crippen molar-refractivity contribution in [1.82, 2.24) is 14.5 Å². The second kappa shape index (κ2) is 6.79. The number of para-hydroxylation sites is 1. The molecule has 1 aromatic carbocycles. The highest BCUT2D eigenvalue weighted by molar-refractivity contribution is 5.81. The van der Waals surface area contributed by atoms with Crippen LogP contribution in [0.25, 0.3) is 22.6 Å². The van der Waals surface area contributed by atoms with Gasteiger partial charge in [-0.05, 0) is 44.5 Å². The first-order chi connectivity index (χ1) is 11.8. The van der Waals surface area contributed by atoms with E-state index >= 15 is 0 Å². The van der Waals surface area contributed by atoms with Gasteiger partial charge in [0.25, 0.3) is 0 Å². The number of aryl methyl sites for hydroxylation is 1. The van der Waals surface area contributed by atoms with E-state index < -0.39 is 0 Å². The SMILES string of the molecule is O[C@H]1CCCN(CCCn2ccnc2-c2cc3ccccc3o2)C1. The number of nitrogens with zero attached hydrogens (tertiary/aromatic N) is 3. The van der Waals surface area contributed by atoms with E-state index in [0.717, 1.165) is 68.0 Å². The predicted octanol–water partition coefficient (Wildman–Crippen LogP) is 3.14. The van der Waals surface area contributed by atoms with Crippen molar-refractivity contribution in [1.29, 1.82) is 0 Å². The van der Waals surface area contributed by atoms with E-state index in [9.17, 15) is 5.11 Å². The number of aliphatic hydroxyl groups excluding tert-OH is 1. The minimum Gasteiger partial charge on any atom is -0.453 e. The van der Waals surface area contributed by atoms with Crippen LogP contribution in [-0.4, -0.2) is 45.3 Å². The first-order valence-electron chi connectivity index (χ1n) is 8.70. The molecule has 0 bridgehead atoms. The minimum atomic E-state index is -0.155. The van der Waals surface area contributed by atoms with Crippen LogP contribution >= 0.6 is 0 Å². The Kier molecular flexibility index (Phi) is 4.36. The van der Waals surface area contributed by atoms with Gasteiger partial charge in [0, 0.05) is 30.9 Å². The maximum absolute atomic E-state index is 9.76. The van der Waals surface area contributed by atoms with Crippen molar-refractivity contribution in [2.75, 3.05) is 19.6 Å². The highest BCUT2D eigenvalue weighted by atomic mass is 16.3. The monoisotopic (exact) mass is 325 g/mol. The van der Waals surface area contributed by atoms with E-state index in [1.54, 1.807) is 0 Å². The van der Waals surface area contributed by atoms with Crippen LogP contribution in [-0.2, 0) is 6.54 Å². The Hall–Kier alpha value is -2.11. The number of piperidine rings is 1. The topological polar surface area (TPSA) is 54.4 Å². The van der Waals surface area contributed by atoms with Crippen LogP contribution in [0.4, 0.5) is 0 Å². The molecule has 0 amide bonds. The molecule has 0 aliphatic carbocycles. The third kappa shape index (κ3) is 3.23. The lowest BCUT2D eigenvalue weighted by Gasteiger charge is -2.29. The van der Waals surface area contributed by atoms with Gasteiger partial charge in [-0.2, -0.15) is 0 Å². The van der Waals surface area contributed by atoms with Crippen molar-refractivity contribution >= 4 is 11.0 Å². The zero-order chi connectivity index (χ0) is 16.4. The van der Waals surface area contributed by atoms with Crippen molar-refractivity contribution in [3.05, 3.63) is 42.7 Å². The van der Waals surface area contributed by atoms with Crippen molar-refractivity contribution in [2.24, 2.45) is 0 Å². The van der Waals surface area contributed by atoms with Crippen LogP contribution in [0, 0.1) is 0 Å². The number of aliphatic hydroxyl groups is 1. The number of benzene rings is 1. The molecule has 0 spiro atoms. The summed E-state index contributed by atoms with van der Waals surface area (Å²) in [5, 5.41) is 10.9. The molecular weight excluding hydrogens is 302 g/mol. The average Bonchev–Trinajstić information content (AvgIpc) is 3.21. The van der Waals surface area contributed by atoms with Gasteiger partial charge >= 0.3 is 0 Å². The Morgan fingerprint density at radius 1 is 1.25 bits per heavy atom. The molecule has 5 heteroatoms. The van der Waals surface area contributed by atoms with Gasteiger partial charge in [-0.3, -0.25) is 0 Å². The van der Waals surface area contributed by atoms with Crippen molar-refractivity contribution < 1.29 is 9.52 Å². The van der Waals surface area contributed by atoms with Gasteiger partial charge in [0.05, 0.1) is 6.10 Å². The highest BCUT2D eigenvalue weighted by Crippen LogP contribution is 2.26. The van der Waals surface area contributed by atoms with E-state index in [-0.39, 0.29) is 6.10 Å². The fourth-order valence-corrected chi connectivity index (χ4v) is 3.51. The van der Waals surface area contributed by atoms with E-state index in [0.29, 0.717) is 0 Å². The molecule has 4 rings (SSSR count). The number of likely N-dealkylation sites (tertiary alicyclic amines) is 1. The summed E-state index contributed by atoms with van der Waals surface area (Å²) in [5.41, 5.74) is 0.893. The molecule has 1 aliphatic heterocycles. The van der Waals surface area contributed by atoms with Crippen LogP contribution in [0.2, 0.25) is 0 Å². The number of imidazole rings is 1. The quantitative estimate of drug-likeness (QED) is 0.783. The maximum Gasteiger partial charge on any atom is 0.176 e. The van der Waals surface area contributed by atoms with Crippen molar-refractivity contribution in [3.8, 4) is 11.6 Å². The average molecular weight is 325 g/mol. The summed E-state index contributed by atoms with van der Waals surface area (Å²) < 4.78 is 8.09. The van der Waals surface area contributed by atoms with Crippen molar-refractivity contribution in [2.45, 2.75) is 31.9 Å². The third-order valence-electron chi connectivity index (χ3n) is 4.72. The summed E-state index contributed by atoms with van der Waals surface area (Å²) in [7, 11) is 0. The van der Waals surface area contributed by atoms with Gasteiger partial charge in [-0.25, -0.2) is 4.98 Å². The molecule has 1 fully saturated rings. The Balaban J connectivity index is 1.43. The zero-order valence-corrected chi connectivity index (χ0v) is 13.8. The number of hydrogen-bond acceptors (Lipinski definition) is 4. The van der Waals surface area contributed by atoms with Crippen LogP contribution in [0.5, 0.6) is 0 Å². The third-order valence-corrected chi connectivity index (χ3v) is 4.72. The fraction of sp³-hybridized carbons (Fsp3) is 0.421. The Morgan fingerprint density at radius 3 is 3.04 bits per heavy atom. The molecule has 5 nitrogen and oxygen atoms in total. The van der Waals surface area contributed by atoms with Gasteiger partial charge in [0.15, 0.2) is 11.6 Å². The molecule has 1 atom stereocenters. The Labute approximate surface area is 141 Å². The molecule has 0 saturated carbocycles. The van der Waals surface area contributed by atoms with Gasteiger partial charge in [0.1, 0.15) is 5.58 Å². The van der Waals surface area contributed by atoms with Gasteiger partial charge < -0.3 is 19.0 Å². The molecule has 3 aromatic rings. The molecular formula is C19H23N3O2. The minimum absolute atomic E-state index is 0.155. The second-order valence-electron chi connectivity index (χ2n) is 6.54. The fourth-order valence-electron chi connectivity index (χ4n) is 3.51. The summed E-state index contributed by atoms with van der Waals surface area (Å²) in [6, 6.07) is 10.1. The van der Waals surface area contributed by atoms with Crippen LogP contribution in [0.1, 0.15) is 19.3 Å². The standard InChI is InChI=1S/C19H23N3O2/c23-16-6-3-9-21(14-16)10-4-11-22-12-8-20-19(22)18-13-15-5-1-2-7-17(15)24-18/h1-2,5,7-8,12-13,16,23H,3-4,6,9-11,14H2/t16-/m0/s1. The van der Waals surface area contributed by atoms with E-state index in [1.807, 2.05) is 30.6 Å². The first-order valence-corrected chi connectivity index (χ1v) is 8.70. The number of furan rings is 1. The number of hydrogen-bond donors (Lipinski definition) is 1. The molecule has 1 aliphatic rings. The van der Waals surface area contributed by atoms with Crippen LogP contribution in [0.15, 0.2) is 47.1 Å². The summed E-state index contributed by atoms with van der Waals surface area (Å²) in [6.45, 7) is 3.81. The van der Waals surface area contributed by atoms with Crippen LogP contribution in [0.3, 0.4) is 0 Å². The molecule has 1 saturated heterocycles. The molecule has 0 unspecified atom stereocenters. The lowest BCUT2D eigenvalue weighted by atomic mass is 10.1. The Bertz CT molecular complexity index is 775. The number of rotatable bonds is 5. The van der Waals surface area contributed by atoms with Gasteiger partial charge in [-0.15, -0.1) is 0 Å². The molecule has 3 heterocycles. The summed E-state index contributed by atoms with van der Waals surface area (Å²) in [6.07, 6.45) is 6.75. The van der Waals surface area contributed by atoms with E-state index in [4.69, 9.17) is 4.42 Å². The van der Waals surface area contributed by atoms with Gasteiger partial charge in [0.2, 0.25) is 0 Å². The second-order valence-corrected chi connectivity index (χ2v) is 6.54. The van der Waals surface area contributed by atoms with Crippen molar-refractivity contribution in [3.63, 3.8) is 0 Å².